The maximum atomic E-state index is 4.69. The molecule has 3 aromatic rings. The number of thiazole rings is 1. The molecule has 0 radical (unpaired) electrons. The van der Waals surface area contributed by atoms with Crippen LogP contribution in [0, 0.1) is 6.92 Å². The number of hydrogen-bond acceptors (Lipinski definition) is 3. The van der Waals surface area contributed by atoms with E-state index >= 15 is 0 Å². The van der Waals surface area contributed by atoms with E-state index < -0.39 is 0 Å². The van der Waals surface area contributed by atoms with Gasteiger partial charge in [-0.15, -0.1) is 11.3 Å². The summed E-state index contributed by atoms with van der Waals surface area (Å²) in [5, 5.41) is 1.10. The molecule has 1 aromatic carbocycles. The number of aryl methyl sites for hydroxylation is 1. The van der Waals surface area contributed by atoms with Gasteiger partial charge in [0.1, 0.15) is 0 Å². The summed E-state index contributed by atoms with van der Waals surface area (Å²) in [7, 11) is 0. The van der Waals surface area contributed by atoms with Crippen molar-refractivity contribution in [1.29, 1.82) is 0 Å². The van der Waals surface area contributed by atoms with Crippen LogP contribution >= 0.6 is 11.3 Å². The largest absolute Gasteiger partial charge is 0.256 e. The molecule has 3 rings (SSSR count). The van der Waals surface area contributed by atoms with Gasteiger partial charge < -0.3 is 0 Å². The average Bonchev–Trinajstić information content (AvgIpc) is 2.77. The van der Waals surface area contributed by atoms with E-state index in [4.69, 9.17) is 4.98 Å². The zero-order valence-corrected chi connectivity index (χ0v) is 13.1. The Balaban J connectivity index is 2.34. The molecule has 0 amide bonds. The predicted molar refractivity (Wildman–Crippen MR) is 86.3 cm³/mol. The molecule has 3 heteroatoms. The fraction of sp³-hybridized carbons (Fsp3) is 0.294. The maximum absolute atomic E-state index is 4.69. The Bertz CT molecular complexity index is 752. The third-order valence-electron chi connectivity index (χ3n) is 3.41. The van der Waals surface area contributed by atoms with Crippen LogP contribution in [-0.4, -0.2) is 9.97 Å². The van der Waals surface area contributed by atoms with E-state index in [2.05, 4.69) is 50.9 Å². The van der Waals surface area contributed by atoms with Gasteiger partial charge in [-0.1, -0.05) is 26.8 Å². The highest BCUT2D eigenvalue weighted by atomic mass is 32.1. The minimum atomic E-state index is 0.121. The first-order valence-electron chi connectivity index (χ1n) is 6.78. The van der Waals surface area contributed by atoms with Gasteiger partial charge in [0.15, 0.2) is 0 Å². The van der Waals surface area contributed by atoms with Crippen molar-refractivity contribution in [2.45, 2.75) is 33.1 Å². The molecule has 20 heavy (non-hydrogen) atoms. The molecule has 2 aromatic heterocycles. The number of benzene rings is 1. The topological polar surface area (TPSA) is 25.8 Å². The second-order valence-corrected chi connectivity index (χ2v) is 7.30. The SMILES string of the molecule is Cc1nc2c(-c3ccccn3)cc(C(C)(C)C)cc2s1. The Morgan fingerprint density at radius 2 is 1.90 bits per heavy atom. The van der Waals surface area contributed by atoms with Gasteiger partial charge in [-0.05, 0) is 42.2 Å². The van der Waals surface area contributed by atoms with Crippen molar-refractivity contribution in [2.75, 3.05) is 0 Å². The van der Waals surface area contributed by atoms with E-state index in [1.54, 1.807) is 11.3 Å². The van der Waals surface area contributed by atoms with Crippen molar-refractivity contribution in [1.82, 2.24) is 9.97 Å². The summed E-state index contributed by atoms with van der Waals surface area (Å²) in [5.74, 6) is 0. The van der Waals surface area contributed by atoms with Crippen LogP contribution in [0.25, 0.3) is 21.5 Å². The quantitative estimate of drug-likeness (QED) is 0.630. The number of pyridine rings is 1. The summed E-state index contributed by atoms with van der Waals surface area (Å²) >= 11 is 1.75. The number of aromatic nitrogens is 2. The maximum Gasteiger partial charge on any atom is 0.0909 e. The van der Waals surface area contributed by atoms with E-state index in [1.807, 2.05) is 18.3 Å². The molecule has 102 valence electrons. The van der Waals surface area contributed by atoms with Crippen LogP contribution in [0.5, 0.6) is 0 Å². The molecule has 0 saturated carbocycles. The lowest BCUT2D eigenvalue weighted by molar-refractivity contribution is 0.591. The first-order chi connectivity index (χ1) is 9.45. The molecule has 2 heterocycles. The van der Waals surface area contributed by atoms with Crippen molar-refractivity contribution in [3.05, 3.63) is 47.1 Å². The van der Waals surface area contributed by atoms with Crippen LogP contribution < -0.4 is 0 Å². The van der Waals surface area contributed by atoms with Gasteiger partial charge in [0, 0.05) is 11.8 Å². The van der Waals surface area contributed by atoms with Crippen LogP contribution in [0.1, 0.15) is 31.3 Å². The zero-order valence-electron chi connectivity index (χ0n) is 12.3. The van der Waals surface area contributed by atoms with Crippen LogP contribution in [-0.2, 0) is 5.41 Å². The lowest BCUT2D eigenvalue weighted by Gasteiger charge is -2.20. The van der Waals surface area contributed by atoms with Gasteiger partial charge in [-0.3, -0.25) is 4.98 Å². The second kappa shape index (κ2) is 4.67. The molecule has 0 N–H and O–H groups in total. The van der Waals surface area contributed by atoms with Crippen LogP contribution in [0.15, 0.2) is 36.5 Å². The minimum Gasteiger partial charge on any atom is -0.256 e. The fourth-order valence-electron chi connectivity index (χ4n) is 2.29. The molecule has 2 nitrogen and oxygen atoms in total. The van der Waals surface area contributed by atoms with Gasteiger partial charge >= 0.3 is 0 Å². The highest BCUT2D eigenvalue weighted by Crippen LogP contribution is 2.35. The number of nitrogens with zero attached hydrogens (tertiary/aromatic N) is 2. The van der Waals surface area contributed by atoms with Gasteiger partial charge in [-0.25, -0.2) is 4.98 Å². The summed E-state index contributed by atoms with van der Waals surface area (Å²) in [5.41, 5.74) is 4.65. The molecule has 0 bridgehead atoms. The Kier molecular flexibility index (Phi) is 3.09. The third kappa shape index (κ3) is 2.34. The van der Waals surface area contributed by atoms with Crippen molar-refractivity contribution in [2.24, 2.45) is 0 Å². The predicted octanol–water partition coefficient (Wildman–Crippen LogP) is 4.96. The molecular formula is C17H18N2S. The van der Waals surface area contributed by atoms with Crippen molar-refractivity contribution in [3.63, 3.8) is 0 Å². The highest BCUT2D eigenvalue weighted by Gasteiger charge is 2.18. The first kappa shape index (κ1) is 13.3. The molecule has 0 saturated heterocycles. The molecule has 0 atom stereocenters. The van der Waals surface area contributed by atoms with Crippen molar-refractivity contribution < 1.29 is 0 Å². The molecule has 0 aliphatic carbocycles. The van der Waals surface area contributed by atoms with E-state index in [0.29, 0.717) is 0 Å². The Labute approximate surface area is 123 Å². The number of hydrogen-bond donors (Lipinski definition) is 0. The Morgan fingerprint density at radius 3 is 2.55 bits per heavy atom. The number of rotatable bonds is 1. The van der Waals surface area contributed by atoms with E-state index in [-0.39, 0.29) is 5.41 Å². The zero-order chi connectivity index (χ0) is 14.3. The smallest absolute Gasteiger partial charge is 0.0909 e. The Hall–Kier alpha value is -1.74. The minimum absolute atomic E-state index is 0.121. The van der Waals surface area contributed by atoms with Crippen LogP contribution in [0.3, 0.4) is 0 Å². The average molecular weight is 282 g/mol. The summed E-state index contributed by atoms with van der Waals surface area (Å²) in [6, 6.07) is 10.5. The molecule has 0 aliphatic heterocycles. The number of fused-ring (bicyclic) bond motifs is 1. The normalized spacial score (nSPS) is 12.0. The van der Waals surface area contributed by atoms with Crippen LogP contribution in [0.4, 0.5) is 0 Å². The van der Waals surface area contributed by atoms with Gasteiger partial charge in [-0.2, -0.15) is 0 Å². The van der Waals surface area contributed by atoms with E-state index in [1.165, 1.54) is 10.3 Å². The molecule has 0 fully saturated rings. The van der Waals surface area contributed by atoms with Gasteiger partial charge in [0.05, 0.1) is 20.9 Å². The second-order valence-electron chi connectivity index (χ2n) is 6.07. The first-order valence-corrected chi connectivity index (χ1v) is 7.60. The van der Waals surface area contributed by atoms with Crippen molar-refractivity contribution >= 4 is 21.6 Å². The van der Waals surface area contributed by atoms with E-state index in [0.717, 1.165) is 21.8 Å². The summed E-state index contributed by atoms with van der Waals surface area (Å²) in [6.07, 6.45) is 1.84. The van der Waals surface area contributed by atoms with E-state index in [9.17, 15) is 0 Å². The molecule has 0 aliphatic rings. The van der Waals surface area contributed by atoms with Crippen molar-refractivity contribution in [3.8, 4) is 11.3 Å². The summed E-state index contributed by atoms with van der Waals surface area (Å²) in [4.78, 5) is 9.19. The standard InChI is InChI=1S/C17H18N2S/c1-11-19-16-13(14-7-5-6-8-18-14)9-12(17(2,3)4)10-15(16)20-11/h5-10H,1-4H3. The highest BCUT2D eigenvalue weighted by molar-refractivity contribution is 7.18. The molecule has 0 spiro atoms. The van der Waals surface area contributed by atoms with Crippen LogP contribution in [0.2, 0.25) is 0 Å². The lowest BCUT2D eigenvalue weighted by atomic mass is 9.85. The summed E-state index contributed by atoms with van der Waals surface area (Å²) < 4.78 is 1.25. The Morgan fingerprint density at radius 1 is 1.10 bits per heavy atom. The monoisotopic (exact) mass is 282 g/mol. The van der Waals surface area contributed by atoms with Gasteiger partial charge in [0.2, 0.25) is 0 Å². The summed E-state index contributed by atoms with van der Waals surface area (Å²) in [6.45, 7) is 8.78. The third-order valence-corrected chi connectivity index (χ3v) is 4.33. The molecular weight excluding hydrogens is 264 g/mol. The van der Waals surface area contributed by atoms with Gasteiger partial charge in [0.25, 0.3) is 0 Å². The lowest BCUT2D eigenvalue weighted by Crippen LogP contribution is -2.11. The fourth-order valence-corrected chi connectivity index (χ4v) is 3.18. The molecule has 0 unspecified atom stereocenters.